The van der Waals surface area contributed by atoms with E-state index in [1.807, 2.05) is 0 Å². The number of rotatable bonds is 24. The minimum absolute atomic E-state index is 0.406. The quantitative estimate of drug-likeness (QED) is 0.0840. The monoisotopic (exact) mass is 593 g/mol. The van der Waals surface area contributed by atoms with E-state index in [4.69, 9.17) is 20.4 Å². The topological polar surface area (TPSA) is 80.9 Å². The standard InChI is InChI=1S/4C8H18.C5H12O4/c4*1-3-5-7-8-6-4-2;6-1-5(2-7,3-8)4-9/h4*3-8H2,1-2H3;6-9H,1-4H2. The average Bonchev–Trinajstić information content (AvgIpc) is 3.01. The van der Waals surface area contributed by atoms with Crippen molar-refractivity contribution in [2.75, 3.05) is 26.4 Å². The molecule has 0 aromatic rings. The molecule has 0 aliphatic heterocycles. The smallest absolute Gasteiger partial charge is 0.0627 e. The van der Waals surface area contributed by atoms with Crippen LogP contribution in [0.25, 0.3) is 0 Å². The molecule has 4 nitrogen and oxygen atoms in total. The number of aliphatic hydroxyl groups excluding tert-OH is 4. The lowest BCUT2D eigenvalue weighted by molar-refractivity contribution is -0.0328. The van der Waals surface area contributed by atoms with Gasteiger partial charge in [-0.2, -0.15) is 0 Å². The fourth-order valence-electron chi connectivity index (χ4n) is 3.71. The molecule has 0 fully saturated rings. The van der Waals surface area contributed by atoms with Gasteiger partial charge in [0.25, 0.3) is 0 Å². The molecule has 0 heterocycles. The third-order valence-corrected chi connectivity index (χ3v) is 7.17. The van der Waals surface area contributed by atoms with Gasteiger partial charge in [-0.25, -0.2) is 0 Å². The summed E-state index contributed by atoms with van der Waals surface area (Å²) >= 11 is 0. The average molecular weight is 593 g/mol. The zero-order valence-electron chi connectivity index (χ0n) is 30.1. The minimum Gasteiger partial charge on any atom is -0.396 e. The number of unbranched alkanes of at least 4 members (excludes halogenated alkanes) is 20. The first-order chi connectivity index (χ1) is 19.9. The fraction of sp³-hybridized carbons (Fsp3) is 1.00. The van der Waals surface area contributed by atoms with Crippen LogP contribution in [-0.2, 0) is 0 Å². The summed E-state index contributed by atoms with van der Waals surface area (Å²) < 4.78 is 0. The van der Waals surface area contributed by atoms with Gasteiger partial charge in [-0.3, -0.25) is 0 Å². The van der Waals surface area contributed by atoms with E-state index in [9.17, 15) is 0 Å². The Hall–Kier alpha value is -0.160. The molecule has 0 spiro atoms. The number of hydrogen-bond donors (Lipinski definition) is 4. The van der Waals surface area contributed by atoms with E-state index in [2.05, 4.69) is 55.4 Å². The maximum atomic E-state index is 8.50. The molecular weight excluding hydrogens is 508 g/mol. The van der Waals surface area contributed by atoms with E-state index < -0.39 is 31.8 Å². The van der Waals surface area contributed by atoms with Crippen molar-refractivity contribution in [2.24, 2.45) is 5.41 Å². The van der Waals surface area contributed by atoms with Crippen LogP contribution in [0.3, 0.4) is 0 Å². The summed E-state index contributed by atoms with van der Waals surface area (Å²) in [6.07, 6.45) is 34.0. The molecule has 41 heavy (non-hydrogen) atoms. The van der Waals surface area contributed by atoms with Crippen molar-refractivity contribution in [3.05, 3.63) is 0 Å². The van der Waals surface area contributed by atoms with Gasteiger partial charge in [-0.05, 0) is 0 Å². The molecule has 0 bridgehead atoms. The first-order valence-electron chi connectivity index (χ1n) is 18.3. The normalized spacial score (nSPS) is 10.2. The molecule has 0 amide bonds. The van der Waals surface area contributed by atoms with Crippen LogP contribution in [0.2, 0.25) is 0 Å². The molecule has 256 valence electrons. The molecule has 0 unspecified atom stereocenters. The van der Waals surface area contributed by atoms with E-state index in [1.165, 1.54) is 154 Å². The summed E-state index contributed by atoms with van der Waals surface area (Å²) in [7, 11) is 0. The summed E-state index contributed by atoms with van der Waals surface area (Å²) in [6, 6.07) is 0. The Morgan fingerprint density at radius 2 is 0.366 bits per heavy atom. The second-order valence-corrected chi connectivity index (χ2v) is 11.8. The third-order valence-electron chi connectivity index (χ3n) is 7.17. The SMILES string of the molecule is CCCCCCCC.CCCCCCCC.CCCCCCCC.CCCCCCCC.OCC(CO)(CO)CO. The minimum atomic E-state index is -1.11. The third kappa shape index (κ3) is 56.3. The van der Waals surface area contributed by atoms with Crippen LogP contribution in [0.5, 0.6) is 0 Å². The van der Waals surface area contributed by atoms with Crippen LogP contribution in [0, 0.1) is 5.41 Å². The largest absolute Gasteiger partial charge is 0.396 e. The highest BCUT2D eigenvalue weighted by Gasteiger charge is 2.26. The fourth-order valence-corrected chi connectivity index (χ4v) is 3.71. The van der Waals surface area contributed by atoms with Crippen molar-refractivity contribution in [3.8, 4) is 0 Å². The van der Waals surface area contributed by atoms with Crippen molar-refractivity contribution in [3.63, 3.8) is 0 Å². The molecule has 4 N–H and O–H groups in total. The van der Waals surface area contributed by atoms with Gasteiger partial charge in [0.1, 0.15) is 0 Å². The van der Waals surface area contributed by atoms with Gasteiger partial charge in [-0.15, -0.1) is 0 Å². The van der Waals surface area contributed by atoms with Crippen LogP contribution in [0.4, 0.5) is 0 Å². The van der Waals surface area contributed by atoms with Gasteiger partial charge in [0.05, 0.1) is 31.8 Å². The lowest BCUT2D eigenvalue weighted by Gasteiger charge is -2.23. The first kappa shape index (κ1) is 50.5. The van der Waals surface area contributed by atoms with E-state index in [0.717, 1.165) is 0 Å². The predicted octanol–water partition coefficient (Wildman–Crippen LogP) is 11.4. The van der Waals surface area contributed by atoms with Gasteiger partial charge >= 0.3 is 0 Å². The van der Waals surface area contributed by atoms with E-state index >= 15 is 0 Å². The van der Waals surface area contributed by atoms with Crippen molar-refractivity contribution < 1.29 is 20.4 Å². The molecule has 0 saturated carbocycles. The molecule has 0 aromatic heterocycles. The molecule has 0 saturated heterocycles. The van der Waals surface area contributed by atoms with Crippen molar-refractivity contribution in [2.45, 2.75) is 209 Å². The molecule has 0 atom stereocenters. The van der Waals surface area contributed by atoms with E-state index in [-0.39, 0.29) is 0 Å². The molecule has 0 aromatic carbocycles. The Kier molecular flexibility index (Phi) is 64.6. The molecule has 0 aliphatic rings. The van der Waals surface area contributed by atoms with Crippen LogP contribution in [-0.4, -0.2) is 46.9 Å². The lowest BCUT2D eigenvalue weighted by atomic mass is 9.93. The van der Waals surface area contributed by atoms with E-state index in [1.54, 1.807) is 0 Å². The first-order valence-corrected chi connectivity index (χ1v) is 18.3. The zero-order valence-corrected chi connectivity index (χ0v) is 30.1. The van der Waals surface area contributed by atoms with Crippen molar-refractivity contribution in [1.82, 2.24) is 0 Å². The Labute approximate surface area is 261 Å². The second kappa shape index (κ2) is 52.5. The maximum Gasteiger partial charge on any atom is 0.0627 e. The lowest BCUT2D eigenvalue weighted by Crippen LogP contribution is -2.37. The van der Waals surface area contributed by atoms with Crippen molar-refractivity contribution in [1.29, 1.82) is 0 Å². The Morgan fingerprint density at radius 1 is 0.244 bits per heavy atom. The van der Waals surface area contributed by atoms with E-state index in [0.29, 0.717) is 0 Å². The van der Waals surface area contributed by atoms with Gasteiger partial charge in [-0.1, -0.05) is 209 Å². The molecular formula is C37H84O4. The summed E-state index contributed by atoms with van der Waals surface area (Å²) in [5.74, 6) is 0. The maximum absolute atomic E-state index is 8.50. The highest BCUT2D eigenvalue weighted by molar-refractivity contribution is 4.74. The zero-order chi connectivity index (χ0) is 32.3. The Morgan fingerprint density at radius 3 is 0.415 bits per heavy atom. The van der Waals surface area contributed by atoms with Crippen LogP contribution < -0.4 is 0 Å². The van der Waals surface area contributed by atoms with Crippen LogP contribution >= 0.6 is 0 Å². The second-order valence-electron chi connectivity index (χ2n) is 11.8. The van der Waals surface area contributed by atoms with Crippen molar-refractivity contribution >= 4 is 0 Å². The molecule has 0 aliphatic carbocycles. The van der Waals surface area contributed by atoms with Gasteiger partial charge < -0.3 is 20.4 Å². The summed E-state index contributed by atoms with van der Waals surface area (Å²) in [6.45, 7) is 16.4. The highest BCUT2D eigenvalue weighted by Crippen LogP contribution is 2.12. The predicted molar refractivity (Wildman–Crippen MR) is 187 cm³/mol. The highest BCUT2D eigenvalue weighted by atomic mass is 16.3. The van der Waals surface area contributed by atoms with Crippen LogP contribution in [0.15, 0.2) is 0 Å². The van der Waals surface area contributed by atoms with Gasteiger partial charge in [0.2, 0.25) is 0 Å². The molecule has 4 heteroatoms. The Bertz CT molecular complexity index is 269. The molecule has 0 rings (SSSR count). The summed E-state index contributed by atoms with van der Waals surface area (Å²) in [5.41, 5.74) is -1.11. The number of aliphatic hydroxyl groups is 4. The summed E-state index contributed by atoms with van der Waals surface area (Å²) in [5, 5.41) is 34.0. The van der Waals surface area contributed by atoms with Gasteiger partial charge in [0.15, 0.2) is 0 Å². The number of hydrogen-bond acceptors (Lipinski definition) is 4. The summed E-state index contributed by atoms with van der Waals surface area (Å²) in [4.78, 5) is 0. The Balaban J connectivity index is -0.000000132. The molecule has 0 radical (unpaired) electrons. The van der Waals surface area contributed by atoms with Gasteiger partial charge in [0, 0.05) is 0 Å². The van der Waals surface area contributed by atoms with Crippen LogP contribution in [0.1, 0.15) is 209 Å².